The van der Waals surface area contributed by atoms with Crippen molar-refractivity contribution in [3.05, 3.63) is 85.1 Å². The van der Waals surface area contributed by atoms with Crippen molar-refractivity contribution in [3.63, 3.8) is 0 Å². The first-order valence-electron chi connectivity index (χ1n) is 10.4. The van der Waals surface area contributed by atoms with Crippen LogP contribution in [-0.4, -0.2) is 32.3 Å². The summed E-state index contributed by atoms with van der Waals surface area (Å²) in [5, 5.41) is 9.52. The normalized spacial score (nSPS) is 11.3. The number of pyridine rings is 2. The molecule has 0 aliphatic heterocycles. The number of H-pyrrole nitrogens is 2. The molecule has 4 heterocycles. The van der Waals surface area contributed by atoms with Gasteiger partial charge in [0.15, 0.2) is 0 Å². The molecule has 6 aromatic rings. The molecule has 7 heteroatoms. The van der Waals surface area contributed by atoms with E-state index in [4.69, 9.17) is 4.74 Å². The van der Waals surface area contributed by atoms with Crippen molar-refractivity contribution in [2.24, 2.45) is 0 Å². The van der Waals surface area contributed by atoms with E-state index in [1.165, 1.54) is 19.2 Å². The predicted molar refractivity (Wildman–Crippen MR) is 126 cm³/mol. The van der Waals surface area contributed by atoms with Gasteiger partial charge in [0.2, 0.25) is 0 Å². The zero-order valence-corrected chi connectivity index (χ0v) is 17.6. The monoisotopic (exact) mass is 435 g/mol. The molecule has 6 nitrogen and oxygen atoms in total. The number of aromatic amines is 2. The van der Waals surface area contributed by atoms with E-state index >= 15 is 0 Å². The molecule has 0 bridgehead atoms. The molecule has 2 aromatic carbocycles. The molecule has 4 aromatic heterocycles. The molecule has 0 spiro atoms. The second-order valence-electron chi connectivity index (χ2n) is 7.76. The van der Waals surface area contributed by atoms with Gasteiger partial charge in [-0.05, 0) is 59.2 Å². The number of fused-ring (bicyclic) bond motifs is 2. The number of nitrogens with zero attached hydrogens (tertiary/aromatic N) is 3. The van der Waals surface area contributed by atoms with Crippen LogP contribution < -0.4 is 4.74 Å². The summed E-state index contributed by atoms with van der Waals surface area (Å²) in [7, 11) is 1.53. The molecule has 0 radical (unpaired) electrons. The van der Waals surface area contributed by atoms with Gasteiger partial charge in [-0.15, -0.1) is 0 Å². The Morgan fingerprint density at radius 3 is 2.67 bits per heavy atom. The molecule has 0 aliphatic rings. The van der Waals surface area contributed by atoms with Crippen molar-refractivity contribution < 1.29 is 9.13 Å². The summed E-state index contributed by atoms with van der Waals surface area (Å²) >= 11 is 0. The van der Waals surface area contributed by atoms with E-state index in [-0.39, 0.29) is 5.82 Å². The number of halogens is 1. The van der Waals surface area contributed by atoms with Crippen molar-refractivity contribution in [2.75, 3.05) is 7.11 Å². The third-order valence-electron chi connectivity index (χ3n) is 5.76. The van der Waals surface area contributed by atoms with Crippen LogP contribution in [-0.2, 0) is 0 Å². The minimum atomic E-state index is -0.355. The van der Waals surface area contributed by atoms with E-state index in [1.54, 1.807) is 12.4 Å². The molecule has 160 valence electrons. The SMILES string of the molecule is COc1cc(F)cc(-c2ccnc3[nH]c(-c4n[nH]c5ccc(-c6cccnc6)cc45)cc23)c1. The number of benzene rings is 2. The number of rotatable bonds is 4. The van der Waals surface area contributed by atoms with Gasteiger partial charge in [-0.2, -0.15) is 5.10 Å². The van der Waals surface area contributed by atoms with Crippen LogP contribution >= 0.6 is 0 Å². The van der Waals surface area contributed by atoms with Gasteiger partial charge in [0.05, 0.1) is 18.3 Å². The fourth-order valence-electron chi connectivity index (χ4n) is 4.17. The number of hydrogen-bond acceptors (Lipinski definition) is 4. The van der Waals surface area contributed by atoms with Crippen LogP contribution in [0.5, 0.6) is 5.75 Å². The Hall–Kier alpha value is -4.52. The maximum Gasteiger partial charge on any atom is 0.138 e. The first kappa shape index (κ1) is 19.2. The first-order chi connectivity index (χ1) is 16.2. The van der Waals surface area contributed by atoms with E-state index in [0.717, 1.165) is 49.9 Å². The van der Waals surface area contributed by atoms with Gasteiger partial charge in [0.1, 0.15) is 22.9 Å². The van der Waals surface area contributed by atoms with E-state index in [0.29, 0.717) is 11.4 Å². The van der Waals surface area contributed by atoms with Crippen molar-refractivity contribution in [1.29, 1.82) is 0 Å². The van der Waals surface area contributed by atoms with Gasteiger partial charge >= 0.3 is 0 Å². The van der Waals surface area contributed by atoms with Gasteiger partial charge < -0.3 is 9.72 Å². The fraction of sp³-hybridized carbons (Fsp3) is 0.0385. The summed E-state index contributed by atoms with van der Waals surface area (Å²) in [6.45, 7) is 0. The molecule has 33 heavy (non-hydrogen) atoms. The standard InChI is InChI=1S/C26H18FN5O/c1-33-19-10-17(9-18(27)12-19)20-6-8-29-26-21(20)13-24(30-26)25-22-11-15(4-5-23(22)31-32-25)16-3-2-7-28-14-16/h2-14H,1H3,(H,29,30)(H,31,32). The van der Waals surface area contributed by atoms with Crippen LogP contribution in [0.1, 0.15) is 0 Å². The molecule has 0 aliphatic carbocycles. The summed E-state index contributed by atoms with van der Waals surface area (Å²) in [5.41, 5.74) is 6.91. The summed E-state index contributed by atoms with van der Waals surface area (Å²) in [4.78, 5) is 12.1. The van der Waals surface area contributed by atoms with Crippen LogP contribution in [0.2, 0.25) is 0 Å². The molecule has 6 rings (SSSR count). The van der Waals surface area contributed by atoms with Crippen molar-refractivity contribution in [1.82, 2.24) is 25.1 Å². The maximum atomic E-state index is 14.2. The highest BCUT2D eigenvalue weighted by atomic mass is 19.1. The quantitative estimate of drug-likeness (QED) is 0.357. The zero-order valence-electron chi connectivity index (χ0n) is 17.6. The van der Waals surface area contributed by atoms with E-state index in [2.05, 4.69) is 31.2 Å². The number of nitrogens with one attached hydrogen (secondary N) is 2. The lowest BCUT2D eigenvalue weighted by Gasteiger charge is -2.06. The van der Waals surface area contributed by atoms with E-state index in [9.17, 15) is 4.39 Å². The zero-order chi connectivity index (χ0) is 22.4. The van der Waals surface area contributed by atoms with Crippen LogP contribution in [0.4, 0.5) is 4.39 Å². The Morgan fingerprint density at radius 1 is 0.879 bits per heavy atom. The van der Waals surface area contributed by atoms with Gasteiger partial charge in [-0.25, -0.2) is 9.37 Å². The Bertz CT molecular complexity index is 1620. The molecule has 0 fully saturated rings. The van der Waals surface area contributed by atoms with Crippen molar-refractivity contribution in [3.8, 4) is 39.4 Å². The van der Waals surface area contributed by atoms with Crippen molar-refractivity contribution in [2.45, 2.75) is 0 Å². The average molecular weight is 435 g/mol. The molecule has 0 amide bonds. The third-order valence-corrected chi connectivity index (χ3v) is 5.76. The smallest absolute Gasteiger partial charge is 0.138 e. The number of aromatic nitrogens is 5. The Morgan fingerprint density at radius 2 is 1.82 bits per heavy atom. The van der Waals surface area contributed by atoms with E-state index in [1.807, 2.05) is 48.7 Å². The summed E-state index contributed by atoms with van der Waals surface area (Å²) in [5.74, 6) is 0.109. The van der Waals surface area contributed by atoms with Crippen LogP contribution in [0.3, 0.4) is 0 Å². The number of hydrogen-bond donors (Lipinski definition) is 2. The second-order valence-corrected chi connectivity index (χ2v) is 7.76. The minimum absolute atomic E-state index is 0.355. The van der Waals surface area contributed by atoms with Crippen LogP contribution in [0.15, 0.2) is 79.3 Å². The Labute approximate surface area is 188 Å². The highest BCUT2D eigenvalue weighted by molar-refractivity contribution is 6.00. The van der Waals surface area contributed by atoms with Crippen molar-refractivity contribution >= 4 is 21.9 Å². The lowest BCUT2D eigenvalue weighted by Crippen LogP contribution is -1.88. The fourth-order valence-corrected chi connectivity index (χ4v) is 4.17. The number of ether oxygens (including phenoxy) is 1. The average Bonchev–Trinajstić information content (AvgIpc) is 3.47. The Balaban J connectivity index is 1.50. The third kappa shape index (κ3) is 3.30. The molecule has 0 saturated carbocycles. The molecular weight excluding hydrogens is 417 g/mol. The maximum absolute atomic E-state index is 14.2. The van der Waals surface area contributed by atoms with Gasteiger partial charge in [-0.3, -0.25) is 10.1 Å². The predicted octanol–water partition coefficient (Wildman–Crippen LogP) is 5.98. The van der Waals surface area contributed by atoms with Gasteiger partial charge in [0, 0.05) is 41.0 Å². The lowest BCUT2D eigenvalue weighted by molar-refractivity contribution is 0.411. The summed E-state index contributed by atoms with van der Waals surface area (Å²) in [6.07, 6.45) is 5.31. The highest BCUT2D eigenvalue weighted by Crippen LogP contribution is 2.35. The molecule has 2 N–H and O–H groups in total. The van der Waals surface area contributed by atoms with Crippen LogP contribution in [0, 0.1) is 5.82 Å². The molecular formula is C26H18FN5O. The largest absolute Gasteiger partial charge is 0.497 e. The lowest BCUT2D eigenvalue weighted by atomic mass is 10.0. The topological polar surface area (TPSA) is 79.5 Å². The molecule has 0 atom stereocenters. The highest BCUT2D eigenvalue weighted by Gasteiger charge is 2.15. The molecule has 0 saturated heterocycles. The summed E-state index contributed by atoms with van der Waals surface area (Å²) in [6, 6.07) is 18.6. The van der Waals surface area contributed by atoms with Gasteiger partial charge in [0.25, 0.3) is 0 Å². The van der Waals surface area contributed by atoms with Gasteiger partial charge in [-0.1, -0.05) is 12.1 Å². The Kier molecular flexibility index (Phi) is 4.40. The summed E-state index contributed by atoms with van der Waals surface area (Å²) < 4.78 is 19.4. The second kappa shape index (κ2) is 7.56. The minimum Gasteiger partial charge on any atom is -0.497 e. The molecule has 0 unspecified atom stereocenters. The van der Waals surface area contributed by atoms with Crippen LogP contribution in [0.25, 0.3) is 55.6 Å². The van der Waals surface area contributed by atoms with E-state index < -0.39 is 0 Å². The number of methoxy groups -OCH3 is 1. The first-order valence-corrected chi connectivity index (χ1v) is 10.4.